The molecule has 0 aromatic heterocycles. The molecule has 11 heavy (non-hydrogen) atoms. The van der Waals surface area contributed by atoms with E-state index in [1.165, 1.54) is 0 Å². The molecule has 2 unspecified atom stereocenters. The van der Waals surface area contributed by atoms with E-state index < -0.39 is 16.8 Å². The first-order valence-corrected chi connectivity index (χ1v) is 5.15. The topological polar surface area (TPSA) is 43.4 Å². The molecule has 5 heteroatoms. The molecule has 0 fully saturated rings. The Morgan fingerprint density at radius 2 is 1.82 bits per heavy atom. The van der Waals surface area contributed by atoms with Gasteiger partial charge in [-0.05, 0) is 13.8 Å². The lowest BCUT2D eigenvalue weighted by Crippen LogP contribution is -2.23. The van der Waals surface area contributed by atoms with Crippen molar-refractivity contribution in [2.24, 2.45) is 0 Å². The van der Waals surface area contributed by atoms with Crippen LogP contribution in [0.4, 0.5) is 0 Å². The van der Waals surface area contributed by atoms with Crippen molar-refractivity contribution >= 4 is 50.5 Å². The molecule has 0 aromatic carbocycles. The van der Waals surface area contributed by atoms with Crippen LogP contribution in [0.3, 0.4) is 0 Å². The predicted molar refractivity (Wildman–Crippen MR) is 53.0 cm³/mol. The number of esters is 2. The second-order valence-electron chi connectivity index (χ2n) is 1.97. The Morgan fingerprint density at radius 1 is 1.36 bits per heavy atom. The SMILES string of the molecule is CC(Br)C(=O)OC(=O)C(C)I. The molecule has 2 atom stereocenters. The predicted octanol–water partition coefficient (Wildman–Crippen LogP) is 1.66. The maximum absolute atomic E-state index is 10.8. The number of carbonyl (C=O) groups excluding carboxylic acids is 2. The Balaban J connectivity index is 3.86. The summed E-state index contributed by atoms with van der Waals surface area (Å²) >= 11 is 4.87. The van der Waals surface area contributed by atoms with E-state index in [9.17, 15) is 9.59 Å². The van der Waals surface area contributed by atoms with Crippen molar-refractivity contribution in [2.75, 3.05) is 0 Å². The monoisotopic (exact) mass is 334 g/mol. The third-order valence-corrected chi connectivity index (χ3v) is 1.73. The number of hydrogen-bond donors (Lipinski definition) is 0. The Hall–Kier alpha value is 0.350. The Morgan fingerprint density at radius 3 is 2.09 bits per heavy atom. The summed E-state index contributed by atoms with van der Waals surface area (Å²) in [5, 5.41) is 0. The van der Waals surface area contributed by atoms with Crippen molar-refractivity contribution in [3.05, 3.63) is 0 Å². The van der Waals surface area contributed by atoms with Crippen LogP contribution in [-0.2, 0) is 14.3 Å². The zero-order valence-corrected chi connectivity index (χ0v) is 9.88. The lowest BCUT2D eigenvalue weighted by atomic mass is 10.5. The molecule has 0 radical (unpaired) electrons. The second kappa shape index (κ2) is 5.08. The fourth-order valence-electron chi connectivity index (χ4n) is 0.262. The number of hydrogen-bond acceptors (Lipinski definition) is 3. The van der Waals surface area contributed by atoms with Crippen LogP contribution in [0.15, 0.2) is 0 Å². The average molecular weight is 335 g/mol. The van der Waals surface area contributed by atoms with Gasteiger partial charge in [0.25, 0.3) is 0 Å². The average Bonchev–Trinajstić information content (AvgIpc) is 1.87. The summed E-state index contributed by atoms with van der Waals surface area (Å²) in [6.45, 7) is 3.27. The molecule has 0 heterocycles. The fourth-order valence-corrected chi connectivity index (χ4v) is 0.482. The van der Waals surface area contributed by atoms with Gasteiger partial charge in [0.2, 0.25) is 0 Å². The van der Waals surface area contributed by atoms with E-state index in [4.69, 9.17) is 0 Å². The van der Waals surface area contributed by atoms with Crippen molar-refractivity contribution in [3.63, 3.8) is 0 Å². The van der Waals surface area contributed by atoms with Gasteiger partial charge in [0.05, 0.1) is 0 Å². The highest BCUT2D eigenvalue weighted by atomic mass is 127. The zero-order chi connectivity index (χ0) is 9.02. The molecule has 0 amide bonds. The van der Waals surface area contributed by atoms with Crippen LogP contribution in [0.1, 0.15) is 13.8 Å². The highest BCUT2D eigenvalue weighted by molar-refractivity contribution is 14.1. The lowest BCUT2D eigenvalue weighted by Gasteiger charge is -2.04. The summed E-state index contributed by atoms with van der Waals surface area (Å²) < 4.78 is 4.15. The van der Waals surface area contributed by atoms with Gasteiger partial charge < -0.3 is 4.74 Å². The van der Waals surface area contributed by atoms with Crippen molar-refractivity contribution in [1.29, 1.82) is 0 Å². The first-order valence-electron chi connectivity index (χ1n) is 2.98. The van der Waals surface area contributed by atoms with Gasteiger partial charge in [-0.3, -0.25) is 9.59 Å². The third kappa shape index (κ3) is 4.73. The van der Waals surface area contributed by atoms with Crippen molar-refractivity contribution in [3.8, 4) is 0 Å². The fraction of sp³-hybridized carbons (Fsp3) is 0.667. The van der Waals surface area contributed by atoms with E-state index in [0.717, 1.165) is 0 Å². The summed E-state index contributed by atoms with van der Waals surface area (Å²) in [5.41, 5.74) is 0. The minimum absolute atomic E-state index is 0.289. The molecule has 0 rings (SSSR count). The number of alkyl halides is 2. The van der Waals surface area contributed by atoms with Gasteiger partial charge in [0, 0.05) is 0 Å². The molecule has 0 spiro atoms. The van der Waals surface area contributed by atoms with Crippen LogP contribution in [0.25, 0.3) is 0 Å². The molecule has 0 aliphatic rings. The quantitative estimate of drug-likeness (QED) is 0.334. The van der Waals surface area contributed by atoms with Gasteiger partial charge >= 0.3 is 11.9 Å². The molecule has 3 nitrogen and oxygen atoms in total. The molecule has 0 aliphatic heterocycles. The van der Waals surface area contributed by atoms with Gasteiger partial charge in [-0.2, -0.15) is 0 Å². The normalized spacial score (nSPS) is 15.3. The minimum atomic E-state index is -0.543. The first kappa shape index (κ1) is 11.4. The Kier molecular flexibility index (Phi) is 5.24. The molecule has 0 saturated carbocycles. The molecular formula is C6H8BrIO3. The number of ether oxygens (including phenoxy) is 1. The minimum Gasteiger partial charge on any atom is -0.392 e. The van der Waals surface area contributed by atoms with Crippen LogP contribution in [-0.4, -0.2) is 20.7 Å². The van der Waals surface area contributed by atoms with E-state index in [-0.39, 0.29) is 3.92 Å². The highest BCUT2D eigenvalue weighted by Crippen LogP contribution is 2.05. The van der Waals surface area contributed by atoms with Crippen LogP contribution >= 0.6 is 38.5 Å². The van der Waals surface area contributed by atoms with Crippen molar-refractivity contribution in [1.82, 2.24) is 0 Å². The lowest BCUT2D eigenvalue weighted by molar-refractivity contribution is -0.158. The summed E-state index contributed by atoms with van der Waals surface area (Å²) in [6, 6.07) is 0. The van der Waals surface area contributed by atoms with Crippen LogP contribution in [0, 0.1) is 0 Å². The summed E-state index contributed by atoms with van der Waals surface area (Å²) in [5.74, 6) is -1.04. The third-order valence-electron chi connectivity index (χ3n) is 0.851. The Labute approximate surface area is 87.1 Å². The van der Waals surface area contributed by atoms with E-state index in [1.807, 2.05) is 22.6 Å². The van der Waals surface area contributed by atoms with Crippen LogP contribution in [0.5, 0.6) is 0 Å². The van der Waals surface area contributed by atoms with Gasteiger partial charge in [-0.25, -0.2) is 0 Å². The van der Waals surface area contributed by atoms with E-state index in [0.29, 0.717) is 0 Å². The molecular weight excluding hydrogens is 327 g/mol. The molecule has 0 saturated heterocycles. The van der Waals surface area contributed by atoms with E-state index in [1.54, 1.807) is 13.8 Å². The van der Waals surface area contributed by atoms with Crippen molar-refractivity contribution in [2.45, 2.75) is 22.6 Å². The molecule has 0 aliphatic carbocycles. The van der Waals surface area contributed by atoms with Crippen LogP contribution in [0.2, 0.25) is 0 Å². The van der Waals surface area contributed by atoms with Gasteiger partial charge in [-0.15, -0.1) is 0 Å². The largest absolute Gasteiger partial charge is 0.392 e. The maximum atomic E-state index is 10.8. The highest BCUT2D eigenvalue weighted by Gasteiger charge is 2.18. The first-order chi connectivity index (χ1) is 4.95. The van der Waals surface area contributed by atoms with Gasteiger partial charge in [0.15, 0.2) is 0 Å². The summed E-state index contributed by atoms with van der Waals surface area (Å²) in [6.07, 6.45) is 0. The standard InChI is InChI=1S/C6H8BrIO3/c1-3(7)5(9)11-6(10)4(2)8/h3-4H,1-2H3. The molecule has 64 valence electrons. The molecule has 0 bridgehead atoms. The maximum Gasteiger partial charge on any atom is 0.327 e. The van der Waals surface area contributed by atoms with Gasteiger partial charge in [0.1, 0.15) is 8.75 Å². The van der Waals surface area contributed by atoms with E-state index in [2.05, 4.69) is 20.7 Å². The van der Waals surface area contributed by atoms with Crippen LogP contribution < -0.4 is 0 Å². The second-order valence-corrected chi connectivity index (χ2v) is 5.21. The summed E-state index contributed by atoms with van der Waals surface area (Å²) in [4.78, 5) is 21.1. The Bertz CT molecular complexity index is 149. The zero-order valence-electron chi connectivity index (χ0n) is 6.14. The molecule has 0 aromatic rings. The smallest absolute Gasteiger partial charge is 0.327 e. The van der Waals surface area contributed by atoms with Crippen molar-refractivity contribution < 1.29 is 14.3 Å². The summed E-state index contributed by atoms with van der Waals surface area (Å²) in [7, 11) is 0. The number of halogens is 2. The molecule has 0 N–H and O–H groups in total. The number of carbonyl (C=O) groups is 2. The van der Waals surface area contributed by atoms with E-state index >= 15 is 0 Å². The van der Waals surface area contributed by atoms with Gasteiger partial charge in [-0.1, -0.05) is 38.5 Å². The number of rotatable bonds is 2.